The van der Waals surface area contributed by atoms with Crippen LogP contribution in [0, 0.1) is 5.41 Å². The van der Waals surface area contributed by atoms with Crippen LogP contribution < -0.4 is 10.5 Å². The number of aliphatic hydroxyl groups excluding tert-OH is 1. The van der Waals surface area contributed by atoms with E-state index in [1.807, 2.05) is 0 Å². The van der Waals surface area contributed by atoms with Crippen LogP contribution in [0.15, 0.2) is 59.1 Å². The minimum atomic E-state index is -0.307. The Labute approximate surface area is 147 Å². The lowest BCUT2D eigenvalue weighted by Crippen LogP contribution is -2.26. The van der Waals surface area contributed by atoms with Crippen molar-refractivity contribution in [3.05, 3.63) is 75.5 Å². The number of nitrogens with one attached hydrogen (secondary N) is 2. The van der Waals surface area contributed by atoms with Gasteiger partial charge in [0.15, 0.2) is 0 Å². The van der Waals surface area contributed by atoms with Gasteiger partial charge in [-0.05, 0) is 36.4 Å². The molecule has 4 rings (SSSR count). The molecule has 0 fully saturated rings. The van der Waals surface area contributed by atoms with Crippen LogP contribution in [0.1, 0.15) is 5.82 Å². The normalized spacial score (nSPS) is 14.6. The molecule has 25 heavy (non-hydrogen) atoms. The summed E-state index contributed by atoms with van der Waals surface area (Å²) in [5.74, 6) is 0.235. The molecule has 0 spiro atoms. The highest BCUT2D eigenvalue weighted by molar-refractivity contribution is 6.31. The molecule has 0 unspecified atom stereocenters. The minimum Gasteiger partial charge on any atom is -0.509 e. The van der Waals surface area contributed by atoms with Crippen LogP contribution in [0.25, 0.3) is 16.5 Å². The maximum absolute atomic E-state index is 12.3. The van der Waals surface area contributed by atoms with Crippen molar-refractivity contribution >= 4 is 39.6 Å². The monoisotopic (exact) mass is 352 g/mol. The highest BCUT2D eigenvalue weighted by Gasteiger charge is 2.31. The Morgan fingerprint density at radius 2 is 1.88 bits per heavy atom. The molecule has 0 saturated heterocycles. The molecule has 124 valence electrons. The van der Waals surface area contributed by atoms with Crippen molar-refractivity contribution < 1.29 is 5.11 Å². The average Bonchev–Trinajstić information content (AvgIpc) is 2.90. The van der Waals surface area contributed by atoms with Crippen LogP contribution in [-0.2, 0) is 0 Å². The minimum absolute atomic E-state index is 0.0154. The summed E-state index contributed by atoms with van der Waals surface area (Å²) in [7, 11) is 0. The van der Waals surface area contributed by atoms with Crippen molar-refractivity contribution in [2.24, 2.45) is 0 Å². The van der Waals surface area contributed by atoms with Crippen molar-refractivity contribution in [3.8, 4) is 0 Å². The van der Waals surface area contributed by atoms with Crippen molar-refractivity contribution in [1.29, 1.82) is 5.41 Å². The smallest absolute Gasteiger partial charge is 0.259 e. The molecule has 7 heteroatoms. The summed E-state index contributed by atoms with van der Waals surface area (Å²) in [6.45, 7) is 0.131. The summed E-state index contributed by atoms with van der Waals surface area (Å²) in [5, 5.41) is 19.8. The van der Waals surface area contributed by atoms with Crippen molar-refractivity contribution in [3.63, 3.8) is 0 Å². The summed E-state index contributed by atoms with van der Waals surface area (Å²) in [5.41, 5.74) is 1.15. The van der Waals surface area contributed by atoms with E-state index in [-0.39, 0.29) is 35.1 Å². The first kappa shape index (κ1) is 15.4. The molecule has 0 aliphatic carbocycles. The number of amidine groups is 1. The van der Waals surface area contributed by atoms with Crippen LogP contribution in [-0.4, -0.2) is 27.5 Å². The number of aromatic amines is 1. The summed E-state index contributed by atoms with van der Waals surface area (Å²) in [6.07, 6.45) is 0. The Balaban J connectivity index is 1.78. The third-order valence-corrected chi connectivity index (χ3v) is 4.34. The van der Waals surface area contributed by atoms with E-state index in [4.69, 9.17) is 17.0 Å². The summed E-state index contributed by atoms with van der Waals surface area (Å²) < 4.78 is 0. The zero-order valence-corrected chi connectivity index (χ0v) is 13.7. The van der Waals surface area contributed by atoms with Crippen LogP contribution in [0.5, 0.6) is 0 Å². The van der Waals surface area contributed by atoms with Gasteiger partial charge >= 0.3 is 0 Å². The van der Waals surface area contributed by atoms with Crippen molar-refractivity contribution in [2.75, 3.05) is 11.4 Å². The van der Waals surface area contributed by atoms with E-state index in [0.29, 0.717) is 15.9 Å². The zero-order valence-electron chi connectivity index (χ0n) is 13.0. The first-order chi connectivity index (χ1) is 12.0. The molecule has 3 N–H and O–H groups in total. The molecular weight excluding hydrogens is 340 g/mol. The topological polar surface area (TPSA) is 93.1 Å². The van der Waals surface area contributed by atoms with E-state index >= 15 is 0 Å². The number of hydrogen-bond acceptors (Lipinski definition) is 4. The van der Waals surface area contributed by atoms with E-state index in [0.717, 1.165) is 5.69 Å². The number of para-hydroxylation sites is 1. The summed E-state index contributed by atoms with van der Waals surface area (Å²) >= 11 is 5.90. The highest BCUT2D eigenvalue weighted by Crippen LogP contribution is 2.30. The first-order valence-corrected chi connectivity index (χ1v) is 7.96. The summed E-state index contributed by atoms with van der Waals surface area (Å²) in [6, 6.07) is 13.9. The number of anilines is 1. The van der Waals surface area contributed by atoms with Gasteiger partial charge in [-0.15, -0.1) is 0 Å². The van der Waals surface area contributed by atoms with E-state index in [2.05, 4.69) is 9.97 Å². The van der Waals surface area contributed by atoms with Gasteiger partial charge in [-0.1, -0.05) is 23.7 Å². The predicted molar refractivity (Wildman–Crippen MR) is 98.4 cm³/mol. The molecular formula is C18H13ClN4O2. The fourth-order valence-corrected chi connectivity index (χ4v) is 3.00. The van der Waals surface area contributed by atoms with Crippen molar-refractivity contribution in [1.82, 2.24) is 9.97 Å². The summed E-state index contributed by atoms with van der Waals surface area (Å²) in [4.78, 5) is 20.9. The Kier molecular flexibility index (Phi) is 3.54. The second-order valence-corrected chi connectivity index (χ2v) is 6.10. The van der Waals surface area contributed by atoms with Gasteiger partial charge in [-0.2, -0.15) is 0 Å². The quantitative estimate of drug-likeness (QED) is 0.659. The Bertz CT molecular complexity index is 1090. The first-order valence-electron chi connectivity index (χ1n) is 7.58. The molecule has 1 aliphatic rings. The van der Waals surface area contributed by atoms with Crippen LogP contribution in [0.3, 0.4) is 0 Å². The van der Waals surface area contributed by atoms with Crippen LogP contribution >= 0.6 is 11.6 Å². The fourth-order valence-electron chi connectivity index (χ4n) is 2.87. The second-order valence-electron chi connectivity index (χ2n) is 5.66. The Morgan fingerprint density at radius 1 is 1.16 bits per heavy atom. The lowest BCUT2D eigenvalue weighted by atomic mass is 10.2. The number of benzene rings is 2. The maximum atomic E-state index is 12.3. The molecule has 0 amide bonds. The highest BCUT2D eigenvalue weighted by atomic mass is 35.5. The Morgan fingerprint density at radius 3 is 2.64 bits per heavy atom. The van der Waals surface area contributed by atoms with Crippen molar-refractivity contribution in [2.45, 2.75) is 0 Å². The number of hydrogen-bond donors (Lipinski definition) is 3. The largest absolute Gasteiger partial charge is 0.509 e. The number of fused-ring (bicyclic) bond motifs is 1. The molecule has 2 heterocycles. The molecule has 0 bridgehead atoms. The van der Waals surface area contributed by atoms with Gasteiger partial charge in [0.25, 0.3) is 5.56 Å². The van der Waals surface area contributed by atoms with Gasteiger partial charge in [-0.3, -0.25) is 10.2 Å². The average molecular weight is 353 g/mol. The standard InChI is InChI=1S/C18H13ClN4O2/c19-10-5-7-11(8-6-10)23-9-14(24)15(16(23)20)17-21-13-4-2-1-3-12(13)18(25)22-17/h1-8,20,24H,9H2,(H,21,22,25). The van der Waals surface area contributed by atoms with Gasteiger partial charge in [0.1, 0.15) is 17.4 Å². The second kappa shape index (κ2) is 5.75. The third kappa shape index (κ3) is 2.56. The molecule has 0 saturated carbocycles. The molecule has 0 atom stereocenters. The van der Waals surface area contributed by atoms with Gasteiger partial charge in [0.2, 0.25) is 0 Å². The molecule has 2 aromatic carbocycles. The van der Waals surface area contributed by atoms with E-state index < -0.39 is 0 Å². The third-order valence-electron chi connectivity index (χ3n) is 4.09. The van der Waals surface area contributed by atoms with Crippen LogP contribution in [0.4, 0.5) is 5.69 Å². The van der Waals surface area contributed by atoms with E-state index in [9.17, 15) is 9.90 Å². The number of rotatable bonds is 2. The SMILES string of the molecule is N=C1C(c2nc3ccccc3c(=O)[nH]2)=C(O)CN1c1ccc(Cl)cc1. The lowest BCUT2D eigenvalue weighted by Gasteiger charge is -2.18. The number of aliphatic hydroxyl groups is 1. The van der Waals surface area contributed by atoms with Gasteiger partial charge < -0.3 is 15.0 Å². The lowest BCUT2D eigenvalue weighted by molar-refractivity contribution is 0.411. The van der Waals surface area contributed by atoms with E-state index in [1.165, 1.54) is 0 Å². The number of halogens is 1. The Hall–Kier alpha value is -3.12. The molecule has 1 aliphatic heterocycles. The predicted octanol–water partition coefficient (Wildman–Crippen LogP) is 3.34. The maximum Gasteiger partial charge on any atom is 0.259 e. The molecule has 6 nitrogen and oxygen atoms in total. The number of H-pyrrole nitrogens is 1. The van der Waals surface area contributed by atoms with E-state index in [1.54, 1.807) is 53.4 Å². The van der Waals surface area contributed by atoms with Gasteiger partial charge in [0, 0.05) is 10.7 Å². The molecule has 1 aromatic heterocycles. The zero-order chi connectivity index (χ0) is 17.6. The van der Waals surface area contributed by atoms with Crippen LogP contribution in [0.2, 0.25) is 5.02 Å². The number of aromatic nitrogens is 2. The molecule has 0 radical (unpaired) electrons. The molecule has 3 aromatic rings. The number of nitrogens with zero attached hydrogens (tertiary/aromatic N) is 2. The van der Waals surface area contributed by atoms with Gasteiger partial charge in [-0.25, -0.2) is 4.98 Å². The van der Waals surface area contributed by atoms with Gasteiger partial charge in [0.05, 0.1) is 23.0 Å². The fraction of sp³-hybridized carbons (Fsp3) is 0.0556.